The minimum absolute atomic E-state index is 0.0719. The Morgan fingerprint density at radius 1 is 1.29 bits per heavy atom. The average Bonchev–Trinajstić information content (AvgIpc) is 2.39. The van der Waals surface area contributed by atoms with Crippen LogP contribution < -0.4 is 5.32 Å². The van der Waals surface area contributed by atoms with Crippen LogP contribution in [0.25, 0.3) is 0 Å². The van der Waals surface area contributed by atoms with E-state index in [0.717, 1.165) is 18.5 Å². The van der Waals surface area contributed by atoms with Gasteiger partial charge in [-0.2, -0.15) is 0 Å². The van der Waals surface area contributed by atoms with Crippen LogP contribution in [0.3, 0.4) is 0 Å². The van der Waals surface area contributed by atoms with E-state index in [-0.39, 0.29) is 11.4 Å². The van der Waals surface area contributed by atoms with Crippen molar-refractivity contribution in [2.75, 3.05) is 6.54 Å². The summed E-state index contributed by atoms with van der Waals surface area (Å²) < 4.78 is 15.1. The molecule has 1 nitrogen and oxygen atoms in total. The Bertz CT molecular complexity index is 481. The third kappa shape index (κ3) is 4.53. The Labute approximate surface area is 136 Å². The molecular formula is C18H27BrFN. The smallest absolute Gasteiger partial charge is 0.140 e. The third-order valence-electron chi connectivity index (χ3n) is 4.53. The molecule has 1 aromatic rings. The minimum Gasteiger partial charge on any atom is -0.312 e. The number of rotatable bonds is 3. The monoisotopic (exact) mass is 355 g/mol. The molecule has 0 aliphatic heterocycles. The summed E-state index contributed by atoms with van der Waals surface area (Å²) in [6.45, 7) is 9.82. The molecule has 0 heterocycles. The molecule has 0 saturated heterocycles. The quantitative estimate of drug-likeness (QED) is 0.754. The van der Waals surface area contributed by atoms with Crippen LogP contribution in [0.2, 0.25) is 0 Å². The third-order valence-corrected chi connectivity index (χ3v) is 5.14. The number of hydrogen-bond donors (Lipinski definition) is 1. The van der Waals surface area contributed by atoms with Crippen molar-refractivity contribution in [2.45, 2.75) is 58.4 Å². The lowest BCUT2D eigenvalue weighted by molar-refractivity contribution is 0.223. The summed E-state index contributed by atoms with van der Waals surface area (Å²) in [4.78, 5) is 0. The van der Waals surface area contributed by atoms with Crippen molar-refractivity contribution in [3.05, 3.63) is 34.1 Å². The molecule has 0 spiro atoms. The van der Waals surface area contributed by atoms with Gasteiger partial charge in [-0.25, -0.2) is 4.39 Å². The van der Waals surface area contributed by atoms with E-state index < -0.39 is 0 Å². The van der Waals surface area contributed by atoms with Crippen molar-refractivity contribution in [1.29, 1.82) is 0 Å². The number of hydrogen-bond acceptors (Lipinski definition) is 1. The fourth-order valence-electron chi connectivity index (χ4n) is 3.31. The second kappa shape index (κ2) is 6.78. The van der Waals surface area contributed by atoms with Gasteiger partial charge in [0.15, 0.2) is 0 Å². The van der Waals surface area contributed by atoms with E-state index in [2.05, 4.69) is 48.9 Å². The van der Waals surface area contributed by atoms with E-state index in [0.29, 0.717) is 22.2 Å². The Morgan fingerprint density at radius 2 is 2.00 bits per heavy atom. The molecule has 1 fully saturated rings. The van der Waals surface area contributed by atoms with Gasteiger partial charge in [0.2, 0.25) is 0 Å². The number of nitrogens with one attached hydrogen (secondary N) is 1. The Balaban J connectivity index is 2.20. The second-order valence-corrected chi connectivity index (χ2v) is 8.41. The van der Waals surface area contributed by atoms with E-state index in [9.17, 15) is 4.39 Å². The molecule has 0 aromatic heterocycles. The molecule has 0 amide bonds. The first kappa shape index (κ1) is 17.0. The molecule has 0 radical (unpaired) electrons. The van der Waals surface area contributed by atoms with Gasteiger partial charge in [0.1, 0.15) is 5.82 Å². The minimum atomic E-state index is -0.0719. The molecule has 3 atom stereocenters. The van der Waals surface area contributed by atoms with Gasteiger partial charge in [-0.1, -0.05) is 25.5 Å². The Morgan fingerprint density at radius 3 is 2.67 bits per heavy atom. The first-order valence-corrected chi connectivity index (χ1v) is 8.76. The van der Waals surface area contributed by atoms with E-state index in [1.165, 1.54) is 12.8 Å². The maximum atomic E-state index is 14.5. The van der Waals surface area contributed by atoms with Gasteiger partial charge in [-0.15, -0.1) is 0 Å². The second-order valence-electron chi connectivity index (χ2n) is 7.56. The van der Waals surface area contributed by atoms with E-state index in [4.69, 9.17) is 0 Å². The molecule has 1 aliphatic rings. The summed E-state index contributed by atoms with van der Waals surface area (Å²) in [6.07, 6.45) is 3.52. The van der Waals surface area contributed by atoms with Crippen LogP contribution in [0, 0.1) is 17.7 Å². The highest BCUT2D eigenvalue weighted by Gasteiger charge is 2.32. The highest BCUT2D eigenvalue weighted by atomic mass is 79.9. The summed E-state index contributed by atoms with van der Waals surface area (Å²) in [5.74, 6) is 1.45. The van der Waals surface area contributed by atoms with Gasteiger partial charge in [0.05, 0.1) is 4.47 Å². The van der Waals surface area contributed by atoms with Crippen molar-refractivity contribution < 1.29 is 4.39 Å². The normalized spacial score (nSPS) is 26.9. The molecule has 3 heteroatoms. The van der Waals surface area contributed by atoms with Gasteiger partial charge in [-0.05, 0) is 85.5 Å². The largest absolute Gasteiger partial charge is 0.312 e. The summed E-state index contributed by atoms with van der Waals surface area (Å²) in [6, 6.07) is 5.70. The zero-order chi connectivity index (χ0) is 15.6. The van der Waals surface area contributed by atoms with Crippen molar-refractivity contribution in [1.82, 2.24) is 5.32 Å². The van der Waals surface area contributed by atoms with Crippen molar-refractivity contribution in [3.8, 4) is 0 Å². The number of halogens is 2. The van der Waals surface area contributed by atoms with E-state index in [1.807, 2.05) is 12.1 Å². The summed E-state index contributed by atoms with van der Waals surface area (Å²) in [5, 5.41) is 3.61. The molecule has 0 bridgehead atoms. The first-order chi connectivity index (χ1) is 9.78. The Hall–Kier alpha value is -0.410. The van der Waals surface area contributed by atoms with Crippen molar-refractivity contribution in [3.63, 3.8) is 0 Å². The lowest BCUT2D eigenvalue weighted by Crippen LogP contribution is -2.41. The van der Waals surface area contributed by atoms with Crippen LogP contribution >= 0.6 is 15.9 Å². The molecule has 118 valence electrons. The first-order valence-electron chi connectivity index (χ1n) is 7.97. The van der Waals surface area contributed by atoms with Crippen LogP contribution in [-0.4, -0.2) is 12.1 Å². The molecule has 1 N–H and O–H groups in total. The molecule has 1 saturated carbocycles. The van der Waals surface area contributed by atoms with Crippen LogP contribution in [0.4, 0.5) is 4.39 Å². The van der Waals surface area contributed by atoms with Gasteiger partial charge in [-0.3, -0.25) is 0 Å². The lowest BCUT2D eigenvalue weighted by Gasteiger charge is -2.37. The van der Waals surface area contributed by atoms with Gasteiger partial charge in [0.25, 0.3) is 0 Å². The van der Waals surface area contributed by atoms with Gasteiger partial charge >= 0.3 is 0 Å². The SMILES string of the molecule is CC1CCC(CNC(C)(C)C)C(c2cccc(Br)c2F)C1. The highest BCUT2D eigenvalue weighted by Crippen LogP contribution is 2.42. The van der Waals surface area contributed by atoms with E-state index >= 15 is 0 Å². The highest BCUT2D eigenvalue weighted by molar-refractivity contribution is 9.10. The van der Waals surface area contributed by atoms with Crippen molar-refractivity contribution in [2.24, 2.45) is 11.8 Å². The van der Waals surface area contributed by atoms with Crippen LogP contribution in [0.5, 0.6) is 0 Å². The molecule has 21 heavy (non-hydrogen) atoms. The van der Waals surface area contributed by atoms with Gasteiger partial charge in [0, 0.05) is 5.54 Å². The zero-order valence-electron chi connectivity index (χ0n) is 13.5. The standard InChI is InChI=1S/C18H27BrFN/c1-12-8-9-13(11-21-18(2,3)4)15(10-12)14-6-5-7-16(19)17(14)20/h5-7,12-13,15,21H,8-11H2,1-4H3. The fourth-order valence-corrected chi connectivity index (χ4v) is 3.69. The molecule has 3 unspecified atom stereocenters. The van der Waals surface area contributed by atoms with E-state index in [1.54, 1.807) is 6.07 Å². The molecule has 1 aliphatic carbocycles. The predicted molar refractivity (Wildman–Crippen MR) is 91.1 cm³/mol. The fraction of sp³-hybridized carbons (Fsp3) is 0.667. The molecule has 1 aromatic carbocycles. The maximum Gasteiger partial charge on any atom is 0.140 e. The molecule has 2 rings (SSSR count). The number of benzene rings is 1. The summed E-state index contributed by atoms with van der Waals surface area (Å²) >= 11 is 3.33. The maximum absolute atomic E-state index is 14.5. The zero-order valence-corrected chi connectivity index (χ0v) is 15.1. The van der Waals surface area contributed by atoms with Crippen molar-refractivity contribution >= 4 is 15.9 Å². The summed E-state index contributed by atoms with van der Waals surface area (Å²) in [5.41, 5.74) is 1.00. The van der Waals surface area contributed by atoms with Crippen LogP contribution in [-0.2, 0) is 0 Å². The topological polar surface area (TPSA) is 12.0 Å². The lowest BCUT2D eigenvalue weighted by atomic mass is 9.71. The van der Waals surface area contributed by atoms with Gasteiger partial charge < -0.3 is 5.32 Å². The van der Waals surface area contributed by atoms with Crippen LogP contribution in [0.1, 0.15) is 58.4 Å². The Kier molecular flexibility index (Phi) is 5.48. The summed E-state index contributed by atoms with van der Waals surface area (Å²) in [7, 11) is 0. The average molecular weight is 356 g/mol. The van der Waals surface area contributed by atoms with Crippen LogP contribution in [0.15, 0.2) is 22.7 Å². The predicted octanol–water partition coefficient (Wildman–Crippen LogP) is 5.50. The molecular weight excluding hydrogens is 329 g/mol.